The van der Waals surface area contributed by atoms with Crippen LogP contribution >= 0.6 is 0 Å². The molecule has 0 aromatic heterocycles. The van der Waals surface area contributed by atoms with Gasteiger partial charge >= 0.3 is 65.7 Å². The average molecular weight is 770 g/mol. The standard InChI is InChI=1S/C26H30F20O3/c1-3-4-5-6-7-8-9-10-11-12-49-16(47)15(2)13-48-14-18(29,30)20(33,34)22(37,38)24(41,42)26(45,46)25(43,44)23(39,40)21(35,36)19(31,32)17(27)28/h17H,2-14H2,1H3. The van der Waals surface area contributed by atoms with Gasteiger partial charge in [0.05, 0.1) is 18.8 Å². The molecule has 3 nitrogen and oxygen atoms in total. The van der Waals surface area contributed by atoms with Gasteiger partial charge in [0.2, 0.25) is 0 Å². The van der Waals surface area contributed by atoms with Crippen molar-refractivity contribution in [1.82, 2.24) is 0 Å². The van der Waals surface area contributed by atoms with Gasteiger partial charge in [-0.05, 0) is 6.42 Å². The Morgan fingerprint density at radius 3 is 1.29 bits per heavy atom. The highest BCUT2D eigenvalue weighted by molar-refractivity contribution is 5.87. The number of carbonyl (C=O) groups excluding carboxylic acids is 1. The van der Waals surface area contributed by atoms with Crippen LogP contribution in [0.2, 0.25) is 0 Å². The summed E-state index contributed by atoms with van der Waals surface area (Å²) in [7, 11) is 0. The molecule has 0 saturated heterocycles. The first kappa shape index (κ1) is 46.8. The molecule has 0 fully saturated rings. The molecular formula is C26H30F20O3. The third kappa shape index (κ3) is 8.99. The summed E-state index contributed by atoms with van der Waals surface area (Å²) in [6.07, 6.45) is 1.39. The predicted molar refractivity (Wildman–Crippen MR) is 129 cm³/mol. The van der Waals surface area contributed by atoms with Gasteiger partial charge in [-0.2, -0.15) is 79.0 Å². The number of hydrogen-bond donors (Lipinski definition) is 0. The van der Waals surface area contributed by atoms with Crippen molar-refractivity contribution in [3.63, 3.8) is 0 Å². The molecule has 0 aromatic rings. The Morgan fingerprint density at radius 2 is 0.898 bits per heavy atom. The van der Waals surface area contributed by atoms with Gasteiger partial charge in [-0.3, -0.25) is 0 Å². The minimum atomic E-state index is -9.08. The molecule has 0 aliphatic heterocycles. The van der Waals surface area contributed by atoms with Gasteiger partial charge in [0, 0.05) is 0 Å². The minimum absolute atomic E-state index is 0.268. The van der Waals surface area contributed by atoms with Crippen LogP contribution in [-0.4, -0.2) is 85.5 Å². The molecule has 0 aliphatic carbocycles. The lowest BCUT2D eigenvalue weighted by molar-refractivity contribution is -0.466. The quantitative estimate of drug-likeness (QED) is 0.0425. The van der Waals surface area contributed by atoms with Crippen molar-refractivity contribution < 1.29 is 102 Å². The number of rotatable bonds is 24. The molecule has 0 aromatic carbocycles. The lowest BCUT2D eigenvalue weighted by Crippen LogP contribution is -2.76. The summed E-state index contributed by atoms with van der Waals surface area (Å²) in [4.78, 5) is 11.8. The third-order valence-electron chi connectivity index (χ3n) is 6.85. The van der Waals surface area contributed by atoms with Gasteiger partial charge in [0.25, 0.3) is 0 Å². The number of halogens is 20. The highest BCUT2D eigenvalue weighted by atomic mass is 19.4. The molecule has 0 bridgehead atoms. The SMILES string of the molecule is C=C(COCC(F)(F)C(F)(F)C(F)(F)C(F)(F)C(F)(F)C(F)(F)C(F)(F)C(F)(F)C(F)(F)C(F)F)C(=O)OCCCCCCCCCCC. The van der Waals surface area contributed by atoms with Crippen molar-refractivity contribution in [2.45, 2.75) is 124 Å². The molecule has 0 radical (unpaired) electrons. The number of esters is 1. The number of ether oxygens (including phenoxy) is 2. The van der Waals surface area contributed by atoms with Crippen molar-refractivity contribution >= 4 is 5.97 Å². The average Bonchev–Trinajstić information content (AvgIpc) is 2.96. The Hall–Kier alpha value is -2.23. The van der Waals surface area contributed by atoms with Crippen molar-refractivity contribution in [2.75, 3.05) is 19.8 Å². The van der Waals surface area contributed by atoms with Crippen molar-refractivity contribution in [3.05, 3.63) is 12.2 Å². The second kappa shape index (κ2) is 16.4. The summed E-state index contributed by atoms with van der Waals surface area (Å²) < 4.78 is 278. The maximum absolute atomic E-state index is 14.0. The molecule has 0 aliphatic rings. The molecule has 0 spiro atoms. The van der Waals surface area contributed by atoms with E-state index in [1.165, 1.54) is 0 Å². The number of alkyl halides is 20. The van der Waals surface area contributed by atoms with E-state index in [9.17, 15) is 92.6 Å². The summed E-state index contributed by atoms with van der Waals surface area (Å²) in [5.41, 5.74) is -0.998. The van der Waals surface area contributed by atoms with Crippen LogP contribution < -0.4 is 0 Å². The number of carbonyl (C=O) groups is 1. The smallest absolute Gasteiger partial charge is 0.385 e. The predicted octanol–water partition coefficient (Wildman–Crippen LogP) is 10.6. The zero-order chi connectivity index (χ0) is 39.1. The summed E-state index contributed by atoms with van der Waals surface area (Å²) in [6, 6.07) is 0. The van der Waals surface area contributed by atoms with Crippen molar-refractivity contribution in [3.8, 4) is 0 Å². The van der Waals surface area contributed by atoms with Crippen LogP contribution in [0.5, 0.6) is 0 Å². The fraction of sp³-hybridized carbons (Fsp3) is 0.885. The molecule has 0 unspecified atom stereocenters. The van der Waals surface area contributed by atoms with E-state index >= 15 is 0 Å². The van der Waals surface area contributed by atoms with Gasteiger partial charge < -0.3 is 9.47 Å². The van der Waals surface area contributed by atoms with Crippen LogP contribution in [0.25, 0.3) is 0 Å². The van der Waals surface area contributed by atoms with Gasteiger partial charge in [0.15, 0.2) is 0 Å². The molecule has 0 atom stereocenters. The van der Waals surface area contributed by atoms with Crippen molar-refractivity contribution in [2.24, 2.45) is 0 Å². The maximum Gasteiger partial charge on any atom is 0.385 e. The first-order valence-electron chi connectivity index (χ1n) is 13.9. The van der Waals surface area contributed by atoms with Gasteiger partial charge in [-0.15, -0.1) is 0 Å². The largest absolute Gasteiger partial charge is 0.462 e. The monoisotopic (exact) mass is 770 g/mol. The Kier molecular flexibility index (Phi) is 15.7. The van der Waals surface area contributed by atoms with E-state index in [0.717, 1.165) is 44.9 Å². The highest BCUT2D eigenvalue weighted by Crippen LogP contribution is 2.65. The molecule has 0 amide bonds. The third-order valence-corrected chi connectivity index (χ3v) is 6.85. The Bertz CT molecular complexity index is 1070. The van der Waals surface area contributed by atoms with Crippen LogP contribution in [0.4, 0.5) is 87.8 Å². The van der Waals surface area contributed by atoms with E-state index in [1.807, 2.05) is 6.92 Å². The lowest BCUT2D eigenvalue weighted by atomic mass is 9.86. The second-order valence-electron chi connectivity index (χ2n) is 10.7. The summed E-state index contributed by atoms with van der Waals surface area (Å²) in [5, 5.41) is 0. The fourth-order valence-corrected chi connectivity index (χ4v) is 3.69. The van der Waals surface area contributed by atoms with Crippen LogP contribution in [0.1, 0.15) is 64.7 Å². The zero-order valence-corrected chi connectivity index (χ0v) is 25.1. The molecule has 0 saturated carbocycles. The summed E-state index contributed by atoms with van der Waals surface area (Å²) in [6.45, 7) is -0.237. The Labute approximate surface area is 265 Å². The van der Waals surface area contributed by atoms with Gasteiger partial charge in [-0.1, -0.05) is 64.9 Å². The second-order valence-corrected chi connectivity index (χ2v) is 10.7. The van der Waals surface area contributed by atoms with Crippen LogP contribution in [-0.2, 0) is 14.3 Å². The number of hydrogen-bond acceptors (Lipinski definition) is 3. The van der Waals surface area contributed by atoms with E-state index in [0.29, 0.717) is 6.42 Å². The summed E-state index contributed by atoms with van der Waals surface area (Å²) in [5.74, 6) is -77.2. The molecule has 0 N–H and O–H groups in total. The number of unbranched alkanes of at least 4 members (excludes halogenated alkanes) is 8. The summed E-state index contributed by atoms with van der Waals surface area (Å²) >= 11 is 0. The molecule has 49 heavy (non-hydrogen) atoms. The first-order valence-corrected chi connectivity index (χ1v) is 13.9. The van der Waals surface area contributed by atoms with Crippen LogP contribution in [0, 0.1) is 0 Å². The lowest BCUT2D eigenvalue weighted by Gasteiger charge is -2.44. The van der Waals surface area contributed by atoms with Crippen LogP contribution in [0.15, 0.2) is 12.2 Å². The van der Waals surface area contributed by atoms with E-state index in [1.54, 1.807) is 0 Å². The van der Waals surface area contributed by atoms with E-state index in [-0.39, 0.29) is 13.0 Å². The minimum Gasteiger partial charge on any atom is -0.462 e. The van der Waals surface area contributed by atoms with Crippen LogP contribution in [0.3, 0.4) is 0 Å². The fourth-order valence-electron chi connectivity index (χ4n) is 3.69. The zero-order valence-electron chi connectivity index (χ0n) is 25.1. The molecule has 0 heterocycles. The van der Waals surface area contributed by atoms with E-state index < -0.39 is 84.5 Å². The molecule has 292 valence electrons. The first-order chi connectivity index (χ1) is 21.8. The Balaban J connectivity index is 5.68. The van der Waals surface area contributed by atoms with Gasteiger partial charge in [0.1, 0.15) is 6.61 Å². The van der Waals surface area contributed by atoms with Gasteiger partial charge in [-0.25, -0.2) is 13.6 Å². The maximum atomic E-state index is 14.0. The van der Waals surface area contributed by atoms with E-state index in [4.69, 9.17) is 0 Å². The topological polar surface area (TPSA) is 35.5 Å². The normalized spacial score (nSPS) is 14.8. The van der Waals surface area contributed by atoms with Crippen molar-refractivity contribution in [1.29, 1.82) is 0 Å². The molecular weight excluding hydrogens is 740 g/mol. The Morgan fingerprint density at radius 1 is 0.551 bits per heavy atom. The van der Waals surface area contributed by atoms with E-state index in [2.05, 4.69) is 16.1 Å². The molecule has 23 heteroatoms. The molecule has 0 rings (SSSR count). The highest BCUT2D eigenvalue weighted by Gasteiger charge is 2.96.